The molecule has 0 rings (SSSR count). The topological polar surface area (TPSA) is 0 Å². The smallest absolute Gasteiger partial charge is 0 e. The Morgan fingerprint density at radius 3 is 0.667 bits per heavy atom. The van der Waals surface area contributed by atoms with Crippen LogP contribution in [0.5, 0.6) is 0 Å². The molecule has 0 aromatic carbocycles. The standard InChI is InChI=1S/C2H6.3BrH.Hf/c1-2;;;;/h1-2H3;3*1H;. The summed E-state index contributed by atoms with van der Waals surface area (Å²) in [6.45, 7) is 4.00. The van der Waals surface area contributed by atoms with E-state index in [9.17, 15) is 0 Å². The molecule has 0 amide bonds. The molecule has 0 unspecified atom stereocenters. The number of hydrogen-bond donors (Lipinski definition) is 0. The molecule has 0 bridgehead atoms. The Hall–Kier alpha value is 2.31. The van der Waals surface area contributed by atoms with Crippen molar-refractivity contribution in [2.24, 2.45) is 0 Å². The first-order valence-electron chi connectivity index (χ1n) is 1.00. The Kier molecular flexibility index (Phi) is 368. The molecule has 6 heavy (non-hydrogen) atoms. The van der Waals surface area contributed by atoms with Gasteiger partial charge in [0.05, 0.1) is 0 Å². The second-order valence-corrected chi connectivity index (χ2v) is 0. The van der Waals surface area contributed by atoms with Gasteiger partial charge in [-0.2, -0.15) is 0 Å². The van der Waals surface area contributed by atoms with Gasteiger partial charge < -0.3 is 0 Å². The third-order valence-electron chi connectivity index (χ3n) is 0. The van der Waals surface area contributed by atoms with Crippen molar-refractivity contribution in [3.8, 4) is 0 Å². The molecule has 0 aliphatic carbocycles. The predicted octanol–water partition coefficient (Wildman–Crippen LogP) is 2.76. The van der Waals surface area contributed by atoms with Crippen molar-refractivity contribution in [3.05, 3.63) is 0 Å². The van der Waals surface area contributed by atoms with E-state index in [1.54, 1.807) is 0 Å². The van der Waals surface area contributed by atoms with Crippen molar-refractivity contribution >= 4 is 50.9 Å². The van der Waals surface area contributed by atoms with Crippen LogP contribution < -0.4 is 0 Å². The minimum atomic E-state index is 0. The Balaban J connectivity index is -0.000000000833. The molecule has 0 atom stereocenters. The molecular weight excluding hydrogens is 442 g/mol. The molecule has 42 valence electrons. The van der Waals surface area contributed by atoms with Gasteiger partial charge in [0.25, 0.3) is 0 Å². The molecule has 0 radical (unpaired) electrons. The molecule has 0 N–H and O–H groups in total. The SMILES string of the molecule is Br.Br.Br.CC.[Hf]. The third kappa shape index (κ3) is 33.3. The van der Waals surface area contributed by atoms with Gasteiger partial charge in [-0.05, 0) is 0 Å². The van der Waals surface area contributed by atoms with Crippen LogP contribution >= 0.6 is 50.9 Å². The minimum Gasteiger partial charge on any atom is -0.114 e. The van der Waals surface area contributed by atoms with Gasteiger partial charge in [0.1, 0.15) is 0 Å². The average Bonchev–Trinajstić information content (AvgIpc) is 1.00. The van der Waals surface area contributed by atoms with Crippen molar-refractivity contribution < 1.29 is 25.8 Å². The van der Waals surface area contributed by atoms with E-state index in [1.807, 2.05) is 13.8 Å². The van der Waals surface area contributed by atoms with Gasteiger partial charge in [-0.3, -0.25) is 0 Å². The van der Waals surface area contributed by atoms with E-state index in [1.165, 1.54) is 0 Å². The molecule has 0 fully saturated rings. The Labute approximate surface area is 89.6 Å². The van der Waals surface area contributed by atoms with E-state index >= 15 is 0 Å². The number of hydrogen-bond acceptors (Lipinski definition) is 0. The monoisotopic (exact) mass is 450 g/mol. The normalized spacial score (nSPS) is 1.00. The van der Waals surface area contributed by atoms with Crippen molar-refractivity contribution in [1.82, 2.24) is 0 Å². The molecular formula is C2H9Br3Hf. The fourth-order valence-corrected chi connectivity index (χ4v) is 0. The van der Waals surface area contributed by atoms with Crippen molar-refractivity contribution in [3.63, 3.8) is 0 Å². The van der Waals surface area contributed by atoms with E-state index in [2.05, 4.69) is 0 Å². The molecule has 4 heteroatoms. The summed E-state index contributed by atoms with van der Waals surface area (Å²) in [7, 11) is 0. The van der Waals surface area contributed by atoms with Crippen molar-refractivity contribution in [1.29, 1.82) is 0 Å². The minimum absolute atomic E-state index is 0. The van der Waals surface area contributed by atoms with Gasteiger partial charge in [-0.15, -0.1) is 50.9 Å². The molecule has 0 aliphatic rings. The maximum absolute atomic E-state index is 2.00. The van der Waals surface area contributed by atoms with E-state index in [4.69, 9.17) is 0 Å². The summed E-state index contributed by atoms with van der Waals surface area (Å²) in [6.07, 6.45) is 0. The Bertz CT molecular complexity index is 8.75. The van der Waals surface area contributed by atoms with Crippen LogP contribution in [0, 0.1) is 0 Å². The molecule has 0 aliphatic heterocycles. The molecule has 0 spiro atoms. The summed E-state index contributed by atoms with van der Waals surface area (Å²) in [5.41, 5.74) is 0. The molecule has 0 saturated heterocycles. The molecule has 0 aromatic heterocycles. The van der Waals surface area contributed by atoms with Crippen LogP contribution in [0.25, 0.3) is 0 Å². The quantitative estimate of drug-likeness (QED) is 0.497. The van der Waals surface area contributed by atoms with E-state index in [0.717, 1.165) is 0 Å². The van der Waals surface area contributed by atoms with Gasteiger partial charge in [0.15, 0.2) is 0 Å². The van der Waals surface area contributed by atoms with E-state index in [-0.39, 0.29) is 76.8 Å². The van der Waals surface area contributed by atoms with Gasteiger partial charge in [-0.25, -0.2) is 0 Å². The van der Waals surface area contributed by atoms with Crippen LogP contribution in [-0.2, 0) is 25.8 Å². The fourth-order valence-electron chi connectivity index (χ4n) is 0. The van der Waals surface area contributed by atoms with Crippen LogP contribution in [0.2, 0.25) is 0 Å². The molecule has 0 heterocycles. The molecule has 0 saturated carbocycles. The second kappa shape index (κ2) is 54.5. The van der Waals surface area contributed by atoms with Crippen LogP contribution in [0.15, 0.2) is 0 Å². The summed E-state index contributed by atoms with van der Waals surface area (Å²) in [4.78, 5) is 0. The van der Waals surface area contributed by atoms with E-state index in [0.29, 0.717) is 0 Å². The van der Waals surface area contributed by atoms with Gasteiger partial charge >= 0.3 is 0 Å². The van der Waals surface area contributed by atoms with Crippen LogP contribution in [0.4, 0.5) is 0 Å². The first-order valence-corrected chi connectivity index (χ1v) is 1.00. The van der Waals surface area contributed by atoms with Gasteiger partial charge in [0, 0.05) is 25.8 Å². The maximum atomic E-state index is 2.00. The summed E-state index contributed by atoms with van der Waals surface area (Å²) in [5, 5.41) is 0. The average molecular weight is 451 g/mol. The van der Waals surface area contributed by atoms with E-state index < -0.39 is 0 Å². The number of halogens is 3. The Morgan fingerprint density at radius 1 is 0.667 bits per heavy atom. The van der Waals surface area contributed by atoms with Gasteiger partial charge in [-0.1, -0.05) is 13.8 Å². The largest absolute Gasteiger partial charge is 0.114 e. The molecule has 0 nitrogen and oxygen atoms in total. The van der Waals surface area contributed by atoms with Crippen molar-refractivity contribution in [2.45, 2.75) is 13.8 Å². The van der Waals surface area contributed by atoms with Crippen LogP contribution in [-0.4, -0.2) is 0 Å². The summed E-state index contributed by atoms with van der Waals surface area (Å²) in [6, 6.07) is 0. The van der Waals surface area contributed by atoms with Crippen LogP contribution in [0.1, 0.15) is 13.8 Å². The zero-order valence-electron chi connectivity index (χ0n) is 3.72. The first kappa shape index (κ1) is 40.5. The first-order chi connectivity index (χ1) is 1.00. The summed E-state index contributed by atoms with van der Waals surface area (Å²) >= 11 is 0. The molecule has 0 aromatic rings. The zero-order chi connectivity index (χ0) is 2.00. The zero-order valence-corrected chi connectivity index (χ0v) is 12.5. The third-order valence-corrected chi connectivity index (χ3v) is 0. The maximum Gasteiger partial charge on any atom is 0 e. The van der Waals surface area contributed by atoms with Crippen molar-refractivity contribution in [2.75, 3.05) is 0 Å². The Morgan fingerprint density at radius 2 is 0.667 bits per heavy atom. The fraction of sp³-hybridized carbons (Fsp3) is 1.00. The summed E-state index contributed by atoms with van der Waals surface area (Å²) in [5.74, 6) is 0. The predicted molar refractivity (Wildman–Crippen MR) is 42.3 cm³/mol. The van der Waals surface area contributed by atoms with Crippen LogP contribution in [0.3, 0.4) is 0 Å². The number of rotatable bonds is 0. The second-order valence-electron chi connectivity index (χ2n) is 0. The van der Waals surface area contributed by atoms with Gasteiger partial charge in [0.2, 0.25) is 0 Å². The summed E-state index contributed by atoms with van der Waals surface area (Å²) < 4.78 is 0.